The fraction of sp³-hybridized carbons (Fsp3) is 0.625. The van der Waals surface area contributed by atoms with Gasteiger partial charge in [0.2, 0.25) is 6.41 Å². The number of carbonyl (C=O) groups is 2. The Balaban J connectivity index is -0.000000391. The first-order chi connectivity index (χ1) is 12.9. The van der Waals surface area contributed by atoms with Crippen LogP contribution in [-0.4, -0.2) is 84.9 Å². The predicted molar refractivity (Wildman–Crippen MR) is 107 cm³/mol. The van der Waals surface area contributed by atoms with Crippen LogP contribution in [-0.2, 0) is 28.3 Å². The van der Waals surface area contributed by atoms with Crippen molar-refractivity contribution in [3.05, 3.63) is 23.6 Å². The summed E-state index contributed by atoms with van der Waals surface area (Å²) >= 11 is 0. The Morgan fingerprint density at radius 1 is 1.26 bits per heavy atom. The van der Waals surface area contributed by atoms with Crippen LogP contribution in [0.1, 0.15) is 13.8 Å². The van der Waals surface area contributed by atoms with Gasteiger partial charge in [-0.15, -0.1) is 0 Å². The van der Waals surface area contributed by atoms with Crippen molar-refractivity contribution in [1.82, 2.24) is 10.2 Å². The second-order valence-electron chi connectivity index (χ2n) is 4.41. The van der Waals surface area contributed by atoms with Crippen molar-refractivity contribution >= 4 is 28.5 Å². The summed E-state index contributed by atoms with van der Waals surface area (Å²) in [5.74, 6) is 0.982. The lowest BCUT2D eigenvalue weighted by Gasteiger charge is -2.16. The summed E-state index contributed by atoms with van der Waals surface area (Å²) in [5, 5.41) is 1.97. The molecule has 0 aromatic heterocycles. The van der Waals surface area contributed by atoms with Gasteiger partial charge in [0.25, 0.3) is 5.91 Å². The van der Waals surface area contributed by atoms with E-state index in [9.17, 15) is 9.59 Å². The first kappa shape index (κ1) is 30.4. The van der Waals surface area contributed by atoms with Gasteiger partial charge in [0.15, 0.2) is 8.38 Å². The van der Waals surface area contributed by atoms with Crippen LogP contribution in [0, 0.1) is 0 Å². The number of rotatable bonds is 11. The minimum absolute atomic E-state index is 0.336. The van der Waals surface area contributed by atoms with Crippen LogP contribution >= 0.6 is 8.38 Å². The lowest BCUT2D eigenvalue weighted by Crippen LogP contribution is -2.20. The van der Waals surface area contributed by atoms with Crippen LogP contribution in [0.25, 0.3) is 0 Å². The monoisotopic (exact) mass is 406 g/mol. The highest BCUT2D eigenvalue weighted by atomic mass is 31.2. The van der Waals surface area contributed by atoms with Gasteiger partial charge in [-0.25, -0.2) is 0 Å². The molecule has 27 heavy (non-hydrogen) atoms. The molecule has 2 unspecified atom stereocenters. The van der Waals surface area contributed by atoms with E-state index in [0.29, 0.717) is 25.2 Å². The van der Waals surface area contributed by atoms with Gasteiger partial charge in [-0.1, -0.05) is 19.3 Å². The normalized spacial score (nSPS) is 12.8. The summed E-state index contributed by atoms with van der Waals surface area (Å²) in [4.78, 5) is 31.2. The maximum Gasteiger partial charge on any atom is 0.251 e. The molecule has 0 spiro atoms. The molecule has 2 N–H and O–H groups in total. The third-order valence-electron chi connectivity index (χ3n) is 2.44. The van der Waals surface area contributed by atoms with Gasteiger partial charge < -0.3 is 28.5 Å². The van der Waals surface area contributed by atoms with Gasteiger partial charge >= 0.3 is 0 Å². The van der Waals surface area contributed by atoms with Gasteiger partial charge in [0, 0.05) is 47.8 Å². The van der Waals surface area contributed by atoms with Crippen LogP contribution in [0.3, 0.4) is 0 Å². The molecular weight excluding hydrogens is 374 g/mol. The summed E-state index contributed by atoms with van der Waals surface area (Å²) in [6.07, 6.45) is 2.76. The number of amides is 2. The maximum absolute atomic E-state index is 10.7. The summed E-state index contributed by atoms with van der Waals surface area (Å²) in [7, 11) is 11.8. The Morgan fingerprint density at radius 3 is 2.26 bits per heavy atom. The molecule has 0 saturated carbocycles. The average Bonchev–Trinajstić information content (AvgIpc) is 2.66. The second-order valence-corrected chi connectivity index (χ2v) is 5.64. The van der Waals surface area contributed by atoms with Gasteiger partial charge in [0.05, 0.1) is 12.7 Å². The quantitative estimate of drug-likeness (QED) is 0.172. The van der Waals surface area contributed by atoms with E-state index >= 15 is 0 Å². The van der Waals surface area contributed by atoms with Crippen molar-refractivity contribution < 1.29 is 33.2 Å². The summed E-state index contributed by atoms with van der Waals surface area (Å²) in [5.41, 5.74) is 0.416. The van der Waals surface area contributed by atoms with Gasteiger partial charge in [-0.2, -0.15) is 0 Å². The Kier molecular flexibility index (Phi) is 25.7. The van der Waals surface area contributed by atoms with E-state index in [2.05, 4.69) is 4.52 Å². The number of imide groups is 1. The molecule has 0 heterocycles. The minimum Gasteiger partial charge on any atom is -0.382 e. The molecule has 2 radical (unpaired) electrons. The van der Waals surface area contributed by atoms with Crippen molar-refractivity contribution in [2.24, 2.45) is 0 Å². The number of nitrogens with one attached hydrogen (secondary N) is 1. The third kappa shape index (κ3) is 20.9. The van der Waals surface area contributed by atoms with Crippen molar-refractivity contribution in [2.45, 2.75) is 20.0 Å². The molecule has 0 fully saturated rings. The van der Waals surface area contributed by atoms with Gasteiger partial charge in [-0.3, -0.25) is 14.9 Å². The summed E-state index contributed by atoms with van der Waals surface area (Å²) in [6.45, 7) is 4.75. The Hall–Kier alpha value is -1.29. The number of carbonyl (C=O) groups excluding carboxylic acids is 2. The van der Waals surface area contributed by atoms with E-state index in [4.69, 9.17) is 27.0 Å². The fourth-order valence-electron chi connectivity index (χ4n) is 1.26. The molecule has 11 heteroatoms. The molecule has 0 saturated heterocycles. The minimum atomic E-state index is -1.59. The Bertz CT molecular complexity index is 426. The van der Waals surface area contributed by atoms with Crippen molar-refractivity contribution in [1.29, 1.82) is 0 Å². The molecule has 0 bridgehead atoms. The highest BCUT2D eigenvalue weighted by molar-refractivity contribution is 7.49. The maximum atomic E-state index is 10.7. The molecular formula is C16H32BN2O7P. The Morgan fingerprint density at radius 2 is 1.85 bits per heavy atom. The number of ether oxygens (including phenoxy) is 3. The number of nitrogens with zero attached hydrogens (tertiary/aromatic N) is 1. The average molecular weight is 406 g/mol. The van der Waals surface area contributed by atoms with Crippen molar-refractivity contribution in [3.63, 3.8) is 0 Å². The molecule has 0 rings (SSSR count). The molecule has 156 valence electrons. The number of hydrogen-bond donors (Lipinski definition) is 2. The summed E-state index contributed by atoms with van der Waals surface area (Å²) < 4.78 is 19.3. The van der Waals surface area contributed by atoms with E-state index in [0.717, 1.165) is 0 Å². The van der Waals surface area contributed by atoms with E-state index in [1.54, 1.807) is 26.2 Å². The predicted octanol–water partition coefficient (Wildman–Crippen LogP) is 0.943. The zero-order valence-corrected chi connectivity index (χ0v) is 18.1. The molecule has 2 atom stereocenters. The summed E-state index contributed by atoms with van der Waals surface area (Å²) in [6, 6.07) is 0. The first-order valence-electron chi connectivity index (χ1n) is 7.98. The van der Waals surface area contributed by atoms with Gasteiger partial charge in [-0.05, 0) is 5.82 Å². The SMILES string of the molecule is CC.COCN(C)/C=C\C(=O)NC=O.[B]/C(=C\P(O)OC)C(COC)OC. The van der Waals surface area contributed by atoms with Crippen LogP contribution < -0.4 is 5.32 Å². The molecule has 9 nitrogen and oxygen atoms in total. The standard InChI is InChI=1S/C7H14BO4P.C7H12N2O3.C2H6/c1-10-4-7(11-2)6(8)5-13(9)12-3;1-9(6-12-2)4-3-7(11)8-5-10;1-2/h5,7,9H,4H2,1-3H3;3-5H,6H2,1-2H3,(H,8,10,11);1-2H3/b6-5-;4-3-;. The van der Waals surface area contributed by atoms with Crippen LogP contribution in [0.15, 0.2) is 23.6 Å². The zero-order valence-electron chi connectivity index (χ0n) is 17.2. The van der Waals surface area contributed by atoms with E-state index < -0.39 is 14.3 Å². The lowest BCUT2D eigenvalue weighted by atomic mass is 9.92. The first-order valence-corrected chi connectivity index (χ1v) is 9.26. The molecule has 0 aliphatic rings. The molecule has 0 aliphatic heterocycles. The zero-order chi connectivity index (χ0) is 21.7. The lowest BCUT2D eigenvalue weighted by molar-refractivity contribution is -0.121. The molecule has 0 aromatic carbocycles. The van der Waals surface area contributed by atoms with Crippen LogP contribution in [0.4, 0.5) is 0 Å². The number of hydrogen-bond acceptors (Lipinski definition) is 8. The Labute approximate surface area is 165 Å². The van der Waals surface area contributed by atoms with Crippen LogP contribution in [0.5, 0.6) is 0 Å². The van der Waals surface area contributed by atoms with E-state index in [1.807, 2.05) is 19.2 Å². The largest absolute Gasteiger partial charge is 0.382 e. The fourth-order valence-corrected chi connectivity index (χ4v) is 1.79. The van der Waals surface area contributed by atoms with Gasteiger partial charge in [0.1, 0.15) is 14.6 Å². The van der Waals surface area contributed by atoms with Crippen molar-refractivity contribution in [2.75, 3.05) is 48.8 Å². The molecule has 2 amide bonds. The highest BCUT2D eigenvalue weighted by Crippen LogP contribution is 2.33. The molecule has 0 aliphatic carbocycles. The molecule has 0 aromatic rings. The topological polar surface area (TPSA) is 107 Å². The van der Waals surface area contributed by atoms with Crippen molar-refractivity contribution in [3.8, 4) is 0 Å². The number of methoxy groups -OCH3 is 3. The van der Waals surface area contributed by atoms with E-state index in [-0.39, 0.29) is 6.10 Å². The van der Waals surface area contributed by atoms with E-state index in [1.165, 1.54) is 32.3 Å². The second kappa shape index (κ2) is 22.8. The highest BCUT2D eigenvalue weighted by Gasteiger charge is 2.10. The smallest absolute Gasteiger partial charge is 0.251 e. The van der Waals surface area contributed by atoms with Crippen LogP contribution in [0.2, 0.25) is 0 Å². The third-order valence-corrected chi connectivity index (χ3v) is 3.33.